The first-order valence-electron chi connectivity index (χ1n) is 8.76. The molecular formula is C18H31N4O4. The van der Waals surface area contributed by atoms with E-state index in [-0.39, 0.29) is 24.9 Å². The van der Waals surface area contributed by atoms with Crippen molar-refractivity contribution in [2.24, 2.45) is 0 Å². The van der Waals surface area contributed by atoms with Crippen LogP contribution >= 0.6 is 0 Å². The zero-order valence-electron chi connectivity index (χ0n) is 17.0. The van der Waals surface area contributed by atoms with Crippen LogP contribution in [0, 0.1) is 6.20 Å². The van der Waals surface area contributed by atoms with Gasteiger partial charge in [0, 0.05) is 19.3 Å². The molecule has 2 N–H and O–H groups in total. The molecule has 0 aromatic heterocycles. The molecule has 0 unspecified atom stereocenters. The number of piperazine rings is 2. The predicted octanol–water partition coefficient (Wildman–Crippen LogP) is 1.44. The fourth-order valence-electron chi connectivity index (χ4n) is 3.81. The standard InChI is InChI=1S/C18H31N4O4/c1-15(2)11-19(13(23)17(5,6)21(15)25)9-10-20-12-16(3,4)22(26)18(7,8)14(20)24/h9,25-26H,11-12H2,1-8H3. The van der Waals surface area contributed by atoms with Crippen molar-refractivity contribution in [3.05, 3.63) is 12.4 Å². The maximum atomic E-state index is 12.7. The Morgan fingerprint density at radius 2 is 1.23 bits per heavy atom. The normalized spacial score (nSPS) is 28.8. The molecule has 2 fully saturated rings. The van der Waals surface area contributed by atoms with Gasteiger partial charge in [0.15, 0.2) is 0 Å². The summed E-state index contributed by atoms with van der Waals surface area (Å²) in [5.41, 5.74) is -3.51. The van der Waals surface area contributed by atoms with E-state index < -0.39 is 22.2 Å². The maximum absolute atomic E-state index is 12.7. The molecule has 1 radical (unpaired) electrons. The van der Waals surface area contributed by atoms with Crippen LogP contribution in [0.5, 0.6) is 0 Å². The highest BCUT2D eigenvalue weighted by Crippen LogP contribution is 2.33. The first-order valence-corrected chi connectivity index (χ1v) is 8.76. The first-order chi connectivity index (χ1) is 11.5. The number of hydrogen-bond donors (Lipinski definition) is 2. The summed E-state index contributed by atoms with van der Waals surface area (Å²) in [6, 6.07) is 0. The quantitative estimate of drug-likeness (QED) is 0.768. The molecule has 0 saturated carbocycles. The Labute approximate surface area is 155 Å². The van der Waals surface area contributed by atoms with Crippen molar-refractivity contribution in [2.45, 2.75) is 77.5 Å². The number of amides is 2. The Morgan fingerprint density at radius 3 is 1.73 bits per heavy atom. The number of hydroxylamine groups is 4. The van der Waals surface area contributed by atoms with E-state index in [1.54, 1.807) is 27.7 Å². The van der Waals surface area contributed by atoms with Crippen molar-refractivity contribution in [3.8, 4) is 0 Å². The second-order valence-corrected chi connectivity index (χ2v) is 9.45. The lowest BCUT2D eigenvalue weighted by Gasteiger charge is -2.51. The Balaban J connectivity index is 2.29. The molecule has 26 heavy (non-hydrogen) atoms. The molecule has 2 rings (SSSR count). The molecule has 0 spiro atoms. The minimum atomic E-state index is -1.10. The highest BCUT2D eigenvalue weighted by molar-refractivity contribution is 5.88. The molecule has 8 nitrogen and oxygen atoms in total. The van der Waals surface area contributed by atoms with Crippen LogP contribution in [0.15, 0.2) is 6.20 Å². The molecule has 0 aliphatic carbocycles. The van der Waals surface area contributed by atoms with Crippen LogP contribution in [0.4, 0.5) is 0 Å². The summed E-state index contributed by atoms with van der Waals surface area (Å²) in [6.07, 6.45) is 4.39. The largest absolute Gasteiger partial charge is 0.313 e. The smallest absolute Gasteiger partial charge is 0.249 e. The van der Waals surface area contributed by atoms with Gasteiger partial charge in [-0.05, 0) is 55.4 Å². The average molecular weight is 367 g/mol. The van der Waals surface area contributed by atoms with Gasteiger partial charge in [0.1, 0.15) is 11.1 Å². The number of carbonyl (C=O) groups is 2. The van der Waals surface area contributed by atoms with Gasteiger partial charge in [-0.2, -0.15) is 10.1 Å². The fraction of sp³-hybridized carbons (Fsp3) is 0.778. The van der Waals surface area contributed by atoms with Crippen LogP contribution in [0.1, 0.15) is 55.4 Å². The topological polar surface area (TPSA) is 87.6 Å². The third-order valence-electron chi connectivity index (χ3n) is 5.23. The van der Waals surface area contributed by atoms with E-state index in [2.05, 4.69) is 6.20 Å². The van der Waals surface area contributed by atoms with E-state index in [0.29, 0.717) is 0 Å². The average Bonchev–Trinajstić information content (AvgIpc) is 2.51. The molecule has 0 atom stereocenters. The highest BCUT2D eigenvalue weighted by atomic mass is 16.5. The second-order valence-electron chi connectivity index (χ2n) is 9.45. The molecule has 2 aliphatic heterocycles. The van der Waals surface area contributed by atoms with E-state index in [1.165, 1.54) is 16.0 Å². The number of carbonyl (C=O) groups excluding carboxylic acids is 2. The van der Waals surface area contributed by atoms with E-state index in [9.17, 15) is 20.0 Å². The van der Waals surface area contributed by atoms with Crippen LogP contribution in [0.2, 0.25) is 0 Å². The van der Waals surface area contributed by atoms with Crippen LogP contribution in [-0.4, -0.2) is 77.4 Å². The third-order valence-corrected chi connectivity index (χ3v) is 5.23. The molecule has 0 aromatic rings. The summed E-state index contributed by atoms with van der Waals surface area (Å²) in [6.45, 7) is 14.4. The van der Waals surface area contributed by atoms with Gasteiger partial charge in [0.05, 0.1) is 17.3 Å². The Hall–Kier alpha value is -1.48. The summed E-state index contributed by atoms with van der Waals surface area (Å²) < 4.78 is 0. The van der Waals surface area contributed by atoms with Crippen LogP contribution in [0.25, 0.3) is 0 Å². The van der Waals surface area contributed by atoms with Crippen molar-refractivity contribution < 1.29 is 20.0 Å². The van der Waals surface area contributed by atoms with Crippen molar-refractivity contribution in [3.63, 3.8) is 0 Å². The van der Waals surface area contributed by atoms with Crippen LogP contribution < -0.4 is 0 Å². The van der Waals surface area contributed by atoms with Gasteiger partial charge < -0.3 is 20.2 Å². The van der Waals surface area contributed by atoms with Crippen molar-refractivity contribution >= 4 is 11.8 Å². The molecule has 2 saturated heterocycles. The summed E-state index contributed by atoms with van der Waals surface area (Å²) in [5, 5.41) is 22.8. The lowest BCUT2D eigenvalue weighted by molar-refractivity contribution is -0.245. The minimum absolute atomic E-state index is 0.239. The van der Waals surface area contributed by atoms with Crippen molar-refractivity contribution in [2.75, 3.05) is 13.1 Å². The summed E-state index contributed by atoms with van der Waals surface area (Å²) in [7, 11) is 0. The van der Waals surface area contributed by atoms with E-state index in [1.807, 2.05) is 27.7 Å². The lowest BCUT2D eigenvalue weighted by Crippen LogP contribution is -2.70. The molecule has 0 bridgehead atoms. The molecule has 8 heteroatoms. The van der Waals surface area contributed by atoms with Gasteiger partial charge >= 0.3 is 0 Å². The number of rotatable bonds is 2. The number of nitrogens with zero attached hydrogens (tertiary/aromatic N) is 4. The van der Waals surface area contributed by atoms with E-state index >= 15 is 0 Å². The van der Waals surface area contributed by atoms with E-state index in [0.717, 1.165) is 10.1 Å². The third kappa shape index (κ3) is 3.15. The molecule has 0 aromatic carbocycles. The molecular weight excluding hydrogens is 336 g/mol. The number of hydrogen-bond acceptors (Lipinski definition) is 6. The molecule has 2 amide bonds. The van der Waals surface area contributed by atoms with Gasteiger partial charge in [-0.15, -0.1) is 0 Å². The Morgan fingerprint density at radius 1 is 0.808 bits per heavy atom. The van der Waals surface area contributed by atoms with Crippen LogP contribution in [0.3, 0.4) is 0 Å². The second kappa shape index (κ2) is 6.02. The van der Waals surface area contributed by atoms with Gasteiger partial charge in [-0.25, -0.2) is 0 Å². The zero-order valence-corrected chi connectivity index (χ0v) is 17.0. The Bertz CT molecular complexity index is 585. The van der Waals surface area contributed by atoms with Crippen molar-refractivity contribution in [1.82, 2.24) is 19.9 Å². The van der Waals surface area contributed by atoms with Gasteiger partial charge in [-0.1, -0.05) is 0 Å². The van der Waals surface area contributed by atoms with Gasteiger partial charge in [-0.3, -0.25) is 9.59 Å². The fourth-order valence-corrected chi connectivity index (χ4v) is 3.81. The summed E-state index contributed by atoms with van der Waals surface area (Å²) in [4.78, 5) is 28.3. The minimum Gasteiger partial charge on any atom is -0.313 e. The zero-order chi connectivity index (χ0) is 20.3. The monoisotopic (exact) mass is 367 g/mol. The van der Waals surface area contributed by atoms with Crippen LogP contribution in [-0.2, 0) is 9.59 Å². The van der Waals surface area contributed by atoms with Gasteiger partial charge in [0.2, 0.25) is 11.8 Å². The maximum Gasteiger partial charge on any atom is 0.249 e. The first kappa shape index (κ1) is 20.8. The molecule has 2 aliphatic rings. The SMILES string of the molecule is CC1(C)CN([C]=CN2CC(C)(C)N(O)C(C)(C)C2=O)C(=O)C(C)(C)N1O. The highest BCUT2D eigenvalue weighted by Gasteiger charge is 2.51. The van der Waals surface area contributed by atoms with E-state index in [4.69, 9.17) is 0 Å². The molecule has 2 heterocycles. The molecule has 147 valence electrons. The summed E-state index contributed by atoms with van der Waals surface area (Å²) >= 11 is 0. The Kier molecular flexibility index (Phi) is 4.82. The van der Waals surface area contributed by atoms with Crippen molar-refractivity contribution in [1.29, 1.82) is 0 Å². The lowest BCUT2D eigenvalue weighted by atomic mass is 9.89. The van der Waals surface area contributed by atoms with Gasteiger partial charge in [0.25, 0.3) is 0 Å². The predicted molar refractivity (Wildman–Crippen MR) is 94.8 cm³/mol. The summed E-state index contributed by atoms with van der Waals surface area (Å²) in [5.74, 6) is -0.582.